The third-order valence-electron chi connectivity index (χ3n) is 4.56. The molecule has 0 radical (unpaired) electrons. The lowest BCUT2D eigenvalue weighted by molar-refractivity contribution is -0.122. The maximum atomic E-state index is 12.7. The molecular formula is C18H26N2O2. The van der Waals surface area contributed by atoms with E-state index in [0.717, 1.165) is 30.5 Å². The average Bonchev–Trinajstić information content (AvgIpc) is 2.83. The molecule has 0 saturated carbocycles. The highest BCUT2D eigenvalue weighted by Crippen LogP contribution is 2.35. The summed E-state index contributed by atoms with van der Waals surface area (Å²) in [5, 5.41) is 0. The van der Waals surface area contributed by atoms with Crippen LogP contribution in [0.1, 0.15) is 56.0 Å². The summed E-state index contributed by atoms with van der Waals surface area (Å²) in [7, 11) is 0. The first-order chi connectivity index (χ1) is 10.5. The number of nitrogens with two attached hydrogens (primary N) is 1. The summed E-state index contributed by atoms with van der Waals surface area (Å²) in [5.74, 6) is 0.354. The molecule has 0 aromatic heterocycles. The minimum Gasteiger partial charge on any atom is -0.330 e. The number of rotatable bonds is 6. The summed E-state index contributed by atoms with van der Waals surface area (Å²) in [5.41, 5.74) is 8.21. The van der Waals surface area contributed by atoms with E-state index in [1.54, 1.807) is 0 Å². The zero-order chi connectivity index (χ0) is 16.3. The highest BCUT2D eigenvalue weighted by Gasteiger charge is 2.33. The molecule has 1 unspecified atom stereocenters. The zero-order valence-electron chi connectivity index (χ0n) is 13.8. The largest absolute Gasteiger partial charge is 0.330 e. The topological polar surface area (TPSA) is 63.4 Å². The summed E-state index contributed by atoms with van der Waals surface area (Å²) in [4.78, 5) is 26.6. The van der Waals surface area contributed by atoms with Crippen molar-refractivity contribution in [3.63, 3.8) is 0 Å². The van der Waals surface area contributed by atoms with Gasteiger partial charge in [-0.15, -0.1) is 0 Å². The van der Waals surface area contributed by atoms with Gasteiger partial charge >= 0.3 is 0 Å². The van der Waals surface area contributed by atoms with Crippen LogP contribution in [-0.2, 0) is 11.2 Å². The van der Waals surface area contributed by atoms with E-state index >= 15 is 0 Å². The standard InChI is InChI=1S/C18H26N2O2/c1-4-13(5-2)18(22)20-12(3)10-15-11-14(6-7-16(15)20)17(21)8-9-19/h6-7,11-13H,4-5,8-10,19H2,1-3H3. The minimum absolute atomic E-state index is 0.0720. The lowest BCUT2D eigenvalue weighted by Gasteiger charge is -2.26. The number of fused-ring (bicyclic) bond motifs is 1. The summed E-state index contributed by atoms with van der Waals surface area (Å²) in [6.45, 7) is 6.55. The molecule has 1 atom stereocenters. The van der Waals surface area contributed by atoms with E-state index in [1.165, 1.54) is 0 Å². The monoisotopic (exact) mass is 302 g/mol. The first-order valence-electron chi connectivity index (χ1n) is 8.22. The molecule has 1 heterocycles. The number of hydrogen-bond donors (Lipinski definition) is 1. The van der Waals surface area contributed by atoms with Gasteiger partial charge in [0.2, 0.25) is 5.91 Å². The van der Waals surface area contributed by atoms with Gasteiger partial charge in [0.25, 0.3) is 0 Å². The van der Waals surface area contributed by atoms with E-state index in [-0.39, 0.29) is 23.7 Å². The predicted octanol–water partition coefficient (Wildman–Crippen LogP) is 2.93. The molecule has 1 aliphatic heterocycles. The summed E-state index contributed by atoms with van der Waals surface area (Å²) < 4.78 is 0. The van der Waals surface area contributed by atoms with Crippen LogP contribution in [0, 0.1) is 5.92 Å². The number of hydrogen-bond acceptors (Lipinski definition) is 3. The predicted molar refractivity (Wildman–Crippen MR) is 89.2 cm³/mol. The second-order valence-corrected chi connectivity index (χ2v) is 6.08. The Morgan fingerprint density at radius 3 is 2.59 bits per heavy atom. The Kier molecular flexibility index (Phi) is 5.35. The van der Waals surface area contributed by atoms with Crippen molar-refractivity contribution in [2.24, 2.45) is 11.7 Å². The van der Waals surface area contributed by atoms with Crippen molar-refractivity contribution >= 4 is 17.4 Å². The molecule has 4 heteroatoms. The molecule has 1 aromatic rings. The van der Waals surface area contributed by atoms with Crippen LogP contribution < -0.4 is 10.6 Å². The van der Waals surface area contributed by atoms with Crippen LogP contribution in [0.25, 0.3) is 0 Å². The molecule has 0 saturated heterocycles. The van der Waals surface area contributed by atoms with E-state index in [4.69, 9.17) is 5.73 Å². The molecule has 22 heavy (non-hydrogen) atoms. The lowest BCUT2D eigenvalue weighted by atomic mass is 10.0. The molecule has 1 aliphatic rings. The molecule has 1 aromatic carbocycles. The first-order valence-corrected chi connectivity index (χ1v) is 8.22. The SMILES string of the molecule is CCC(CC)C(=O)N1c2ccc(C(=O)CCN)cc2CC1C. The van der Waals surface area contributed by atoms with Crippen LogP contribution >= 0.6 is 0 Å². The number of benzene rings is 1. The van der Waals surface area contributed by atoms with Gasteiger partial charge in [-0.1, -0.05) is 13.8 Å². The van der Waals surface area contributed by atoms with E-state index in [2.05, 4.69) is 20.8 Å². The average molecular weight is 302 g/mol. The van der Waals surface area contributed by atoms with Crippen molar-refractivity contribution in [1.29, 1.82) is 0 Å². The number of carbonyl (C=O) groups is 2. The van der Waals surface area contributed by atoms with Crippen molar-refractivity contribution in [2.75, 3.05) is 11.4 Å². The lowest BCUT2D eigenvalue weighted by Crippen LogP contribution is -2.39. The highest BCUT2D eigenvalue weighted by molar-refractivity contribution is 6.00. The van der Waals surface area contributed by atoms with Gasteiger partial charge in [-0.2, -0.15) is 0 Å². The van der Waals surface area contributed by atoms with Gasteiger partial charge in [0.15, 0.2) is 5.78 Å². The van der Waals surface area contributed by atoms with Crippen molar-refractivity contribution in [3.05, 3.63) is 29.3 Å². The van der Waals surface area contributed by atoms with Crippen molar-refractivity contribution in [3.8, 4) is 0 Å². The molecule has 0 aliphatic carbocycles. The molecule has 2 N–H and O–H groups in total. The van der Waals surface area contributed by atoms with Crippen molar-refractivity contribution in [1.82, 2.24) is 0 Å². The fourth-order valence-corrected chi connectivity index (χ4v) is 3.25. The zero-order valence-corrected chi connectivity index (χ0v) is 13.8. The van der Waals surface area contributed by atoms with Crippen LogP contribution in [0.2, 0.25) is 0 Å². The Bertz CT molecular complexity index is 564. The Labute approximate surface area is 132 Å². The number of anilines is 1. The Morgan fingerprint density at radius 1 is 1.32 bits per heavy atom. The normalized spacial score (nSPS) is 17.0. The molecule has 1 amide bonds. The van der Waals surface area contributed by atoms with E-state index < -0.39 is 0 Å². The second-order valence-electron chi connectivity index (χ2n) is 6.08. The van der Waals surface area contributed by atoms with Crippen LogP contribution in [0.15, 0.2) is 18.2 Å². The number of nitrogens with zero attached hydrogens (tertiary/aromatic N) is 1. The Hall–Kier alpha value is -1.68. The molecule has 0 fully saturated rings. The van der Waals surface area contributed by atoms with Gasteiger partial charge in [0.05, 0.1) is 0 Å². The number of carbonyl (C=O) groups excluding carboxylic acids is 2. The smallest absolute Gasteiger partial charge is 0.230 e. The third kappa shape index (κ3) is 3.07. The maximum Gasteiger partial charge on any atom is 0.230 e. The number of amides is 1. The van der Waals surface area contributed by atoms with Gasteiger partial charge in [-0.3, -0.25) is 9.59 Å². The molecule has 0 spiro atoms. The van der Waals surface area contributed by atoms with Crippen LogP contribution in [0.5, 0.6) is 0 Å². The van der Waals surface area contributed by atoms with Crippen molar-refractivity contribution in [2.45, 2.75) is 52.5 Å². The van der Waals surface area contributed by atoms with Gasteiger partial charge < -0.3 is 10.6 Å². The van der Waals surface area contributed by atoms with Gasteiger partial charge in [0, 0.05) is 29.6 Å². The molecule has 0 bridgehead atoms. The van der Waals surface area contributed by atoms with Gasteiger partial charge in [-0.05, 0) is 56.5 Å². The fraction of sp³-hybridized carbons (Fsp3) is 0.556. The Morgan fingerprint density at radius 2 is 2.00 bits per heavy atom. The van der Waals surface area contributed by atoms with Crippen molar-refractivity contribution < 1.29 is 9.59 Å². The molecular weight excluding hydrogens is 276 g/mol. The summed E-state index contributed by atoms with van der Waals surface area (Å²) >= 11 is 0. The minimum atomic E-state index is 0.0720. The second kappa shape index (κ2) is 7.05. The highest BCUT2D eigenvalue weighted by atomic mass is 16.2. The van der Waals surface area contributed by atoms with E-state index in [9.17, 15) is 9.59 Å². The van der Waals surface area contributed by atoms with Crippen LogP contribution in [0.4, 0.5) is 5.69 Å². The molecule has 4 nitrogen and oxygen atoms in total. The fourth-order valence-electron chi connectivity index (χ4n) is 3.25. The van der Waals surface area contributed by atoms with Crippen LogP contribution in [0.3, 0.4) is 0 Å². The molecule has 120 valence electrons. The summed E-state index contributed by atoms with van der Waals surface area (Å²) in [6.07, 6.45) is 2.90. The Balaban J connectivity index is 2.30. The number of ketones is 1. The quantitative estimate of drug-likeness (QED) is 0.822. The molecule has 2 rings (SSSR count). The summed E-state index contributed by atoms with van der Waals surface area (Å²) in [6, 6.07) is 5.83. The van der Waals surface area contributed by atoms with E-state index in [0.29, 0.717) is 18.5 Å². The third-order valence-corrected chi connectivity index (χ3v) is 4.56. The van der Waals surface area contributed by atoms with E-state index in [1.807, 2.05) is 23.1 Å². The van der Waals surface area contributed by atoms with Gasteiger partial charge in [0.1, 0.15) is 0 Å². The van der Waals surface area contributed by atoms with Crippen LogP contribution in [-0.4, -0.2) is 24.3 Å². The maximum absolute atomic E-state index is 12.7. The number of Topliss-reactive ketones (excluding diaryl/α,β-unsaturated/α-hetero) is 1. The first kappa shape index (κ1) is 16.7. The van der Waals surface area contributed by atoms with Gasteiger partial charge in [-0.25, -0.2) is 0 Å².